The maximum Gasteiger partial charge on any atom is 0.254 e. The predicted octanol–water partition coefficient (Wildman–Crippen LogP) is 1.65. The number of halogens is 1. The van der Waals surface area contributed by atoms with Crippen LogP contribution in [0.25, 0.3) is 0 Å². The van der Waals surface area contributed by atoms with E-state index in [-0.39, 0.29) is 12.5 Å². The maximum atomic E-state index is 13.2. The van der Waals surface area contributed by atoms with Crippen LogP contribution in [0.1, 0.15) is 28.8 Å². The van der Waals surface area contributed by atoms with Gasteiger partial charge in [0.25, 0.3) is 5.91 Å². The topological polar surface area (TPSA) is 40.5 Å². The van der Waals surface area contributed by atoms with Crippen molar-refractivity contribution < 1.29 is 14.3 Å². The van der Waals surface area contributed by atoms with Crippen LogP contribution in [0.15, 0.2) is 18.2 Å². The van der Waals surface area contributed by atoms with Gasteiger partial charge < -0.3 is 10.0 Å². The summed E-state index contributed by atoms with van der Waals surface area (Å²) in [5, 5.41) is 8.70. The van der Waals surface area contributed by atoms with Crippen LogP contribution in [0, 0.1) is 23.6 Å². The molecule has 0 bridgehead atoms. The molecule has 1 fully saturated rings. The van der Waals surface area contributed by atoms with Crippen LogP contribution in [-0.2, 0) is 0 Å². The Morgan fingerprint density at radius 3 is 2.89 bits per heavy atom. The summed E-state index contributed by atoms with van der Waals surface area (Å²) in [6, 6.07) is 3.92. The number of hydrogen-bond acceptors (Lipinski definition) is 2. The first-order valence-corrected chi connectivity index (χ1v) is 6.26. The number of rotatable bonds is 3. The molecule has 1 saturated carbocycles. The van der Waals surface area contributed by atoms with Crippen molar-refractivity contribution in [3.63, 3.8) is 0 Å². The summed E-state index contributed by atoms with van der Waals surface area (Å²) in [5.74, 6) is 5.07. The maximum absolute atomic E-state index is 13.2. The fourth-order valence-electron chi connectivity index (χ4n) is 1.92. The first-order chi connectivity index (χ1) is 9.11. The molecule has 0 spiro atoms. The van der Waals surface area contributed by atoms with Gasteiger partial charge in [0.2, 0.25) is 0 Å². The molecule has 1 amide bonds. The van der Waals surface area contributed by atoms with Gasteiger partial charge in [-0.25, -0.2) is 4.39 Å². The molecule has 1 N–H and O–H groups in total. The summed E-state index contributed by atoms with van der Waals surface area (Å²) < 4.78 is 13.2. The van der Waals surface area contributed by atoms with Crippen molar-refractivity contribution in [3.8, 4) is 11.8 Å². The lowest BCUT2D eigenvalue weighted by Crippen LogP contribution is -2.29. The molecule has 1 aliphatic carbocycles. The predicted molar refractivity (Wildman–Crippen MR) is 70.0 cm³/mol. The highest BCUT2D eigenvalue weighted by Crippen LogP contribution is 2.29. The second kappa shape index (κ2) is 5.85. The average Bonchev–Trinajstić information content (AvgIpc) is 3.19. The van der Waals surface area contributed by atoms with Crippen LogP contribution < -0.4 is 0 Å². The van der Waals surface area contributed by atoms with Gasteiger partial charge in [0.1, 0.15) is 12.4 Å². The fourth-order valence-corrected chi connectivity index (χ4v) is 1.92. The molecule has 3 nitrogen and oxygen atoms in total. The number of benzene rings is 1. The number of nitrogens with zero attached hydrogens (tertiary/aromatic N) is 1. The molecule has 19 heavy (non-hydrogen) atoms. The highest BCUT2D eigenvalue weighted by atomic mass is 19.1. The zero-order chi connectivity index (χ0) is 13.8. The van der Waals surface area contributed by atoms with Crippen LogP contribution >= 0.6 is 0 Å². The van der Waals surface area contributed by atoms with E-state index in [1.807, 2.05) is 0 Å². The van der Waals surface area contributed by atoms with Gasteiger partial charge in [-0.1, -0.05) is 11.8 Å². The lowest BCUT2D eigenvalue weighted by molar-refractivity contribution is 0.0788. The molecule has 100 valence electrons. The largest absolute Gasteiger partial charge is 0.384 e. The molecular weight excluding hydrogens is 245 g/mol. The molecule has 1 aromatic rings. The summed E-state index contributed by atoms with van der Waals surface area (Å²) >= 11 is 0. The second-order valence-corrected chi connectivity index (χ2v) is 4.78. The minimum absolute atomic E-state index is 0.158. The molecule has 1 aliphatic rings. The Morgan fingerprint density at radius 2 is 2.26 bits per heavy atom. The Morgan fingerprint density at radius 1 is 1.53 bits per heavy atom. The van der Waals surface area contributed by atoms with Crippen LogP contribution in [0.2, 0.25) is 0 Å². The Kier molecular flexibility index (Phi) is 4.18. The molecule has 2 rings (SSSR count). The average molecular weight is 261 g/mol. The van der Waals surface area contributed by atoms with E-state index in [2.05, 4.69) is 11.8 Å². The Bertz CT molecular complexity index is 541. The Hall–Kier alpha value is -1.86. The van der Waals surface area contributed by atoms with Gasteiger partial charge in [-0.05, 0) is 37.0 Å². The lowest BCUT2D eigenvalue weighted by Gasteiger charge is -2.17. The van der Waals surface area contributed by atoms with E-state index in [0.717, 1.165) is 19.4 Å². The highest BCUT2D eigenvalue weighted by Gasteiger charge is 2.26. The van der Waals surface area contributed by atoms with Crippen molar-refractivity contribution >= 4 is 5.91 Å². The molecule has 1 aromatic carbocycles. The van der Waals surface area contributed by atoms with Crippen molar-refractivity contribution in [1.29, 1.82) is 0 Å². The van der Waals surface area contributed by atoms with Crippen LogP contribution in [-0.4, -0.2) is 36.1 Å². The molecule has 0 unspecified atom stereocenters. The van der Waals surface area contributed by atoms with Gasteiger partial charge in [0.15, 0.2) is 0 Å². The van der Waals surface area contributed by atoms with E-state index in [4.69, 9.17) is 5.11 Å². The van der Waals surface area contributed by atoms with Gasteiger partial charge in [-0.15, -0.1) is 0 Å². The quantitative estimate of drug-likeness (QED) is 0.840. The highest BCUT2D eigenvalue weighted by molar-refractivity contribution is 5.96. The smallest absolute Gasteiger partial charge is 0.254 e. The van der Waals surface area contributed by atoms with E-state index in [1.165, 1.54) is 18.2 Å². The van der Waals surface area contributed by atoms with Crippen molar-refractivity contribution in [2.45, 2.75) is 12.8 Å². The number of carbonyl (C=O) groups excluding carboxylic acids is 1. The van der Waals surface area contributed by atoms with Crippen LogP contribution in [0.4, 0.5) is 4.39 Å². The number of aliphatic hydroxyl groups excluding tert-OH is 1. The molecule has 4 heteroatoms. The van der Waals surface area contributed by atoms with E-state index in [0.29, 0.717) is 17.0 Å². The molecule has 0 aromatic heterocycles. The van der Waals surface area contributed by atoms with Crippen molar-refractivity contribution in [3.05, 3.63) is 35.1 Å². The Labute approximate surface area is 112 Å². The van der Waals surface area contributed by atoms with E-state index >= 15 is 0 Å². The van der Waals surface area contributed by atoms with Crippen molar-refractivity contribution in [2.75, 3.05) is 20.2 Å². The first-order valence-electron chi connectivity index (χ1n) is 6.26. The number of hydrogen-bond donors (Lipinski definition) is 1. The van der Waals surface area contributed by atoms with Gasteiger partial charge in [-0.3, -0.25) is 4.79 Å². The summed E-state index contributed by atoms with van der Waals surface area (Å²) in [6.07, 6.45) is 2.33. The van der Waals surface area contributed by atoms with Crippen LogP contribution in [0.3, 0.4) is 0 Å². The summed E-state index contributed by atoms with van der Waals surface area (Å²) in [5.41, 5.74) is 0.701. The standard InChI is InChI=1S/C15H16FNO2/c1-17(10-11-4-5-11)15(19)14-7-6-13(16)9-12(14)3-2-8-18/h6-7,9,11,18H,4-5,8,10H2,1H3. The van der Waals surface area contributed by atoms with Crippen molar-refractivity contribution in [1.82, 2.24) is 4.90 Å². The summed E-state index contributed by atoms with van der Waals surface area (Å²) in [6.45, 7) is 0.408. The SMILES string of the molecule is CN(CC1CC1)C(=O)c1ccc(F)cc1C#CCO. The third-order valence-electron chi connectivity index (χ3n) is 3.09. The van der Waals surface area contributed by atoms with Gasteiger partial charge >= 0.3 is 0 Å². The second-order valence-electron chi connectivity index (χ2n) is 4.78. The molecule has 0 radical (unpaired) electrons. The lowest BCUT2D eigenvalue weighted by atomic mass is 10.1. The third-order valence-corrected chi connectivity index (χ3v) is 3.09. The molecular formula is C15H16FNO2. The fraction of sp³-hybridized carbons (Fsp3) is 0.400. The van der Waals surface area contributed by atoms with Crippen molar-refractivity contribution in [2.24, 2.45) is 5.92 Å². The molecule has 0 saturated heterocycles. The minimum Gasteiger partial charge on any atom is -0.384 e. The minimum atomic E-state index is -0.441. The number of carbonyl (C=O) groups is 1. The van der Waals surface area contributed by atoms with E-state index < -0.39 is 5.82 Å². The summed E-state index contributed by atoms with van der Waals surface area (Å²) in [4.78, 5) is 13.9. The van der Waals surface area contributed by atoms with Gasteiger partial charge in [0, 0.05) is 19.2 Å². The van der Waals surface area contributed by atoms with Crippen LogP contribution in [0.5, 0.6) is 0 Å². The third kappa shape index (κ3) is 3.55. The summed E-state index contributed by atoms with van der Waals surface area (Å²) in [7, 11) is 1.74. The normalized spacial score (nSPS) is 13.6. The van der Waals surface area contributed by atoms with E-state index in [9.17, 15) is 9.18 Å². The Balaban J connectivity index is 2.23. The monoisotopic (exact) mass is 261 g/mol. The molecule has 0 atom stereocenters. The van der Waals surface area contributed by atoms with Gasteiger partial charge in [0.05, 0.1) is 5.56 Å². The van der Waals surface area contributed by atoms with Gasteiger partial charge in [-0.2, -0.15) is 0 Å². The zero-order valence-corrected chi connectivity index (χ0v) is 10.8. The molecule has 0 aliphatic heterocycles. The zero-order valence-electron chi connectivity index (χ0n) is 10.8. The number of aliphatic hydroxyl groups is 1. The van der Waals surface area contributed by atoms with E-state index in [1.54, 1.807) is 11.9 Å². The first kappa shape index (κ1) is 13.6. The number of amides is 1. The molecule has 0 heterocycles.